The highest BCUT2D eigenvalue weighted by molar-refractivity contribution is 7.15. The van der Waals surface area contributed by atoms with Crippen molar-refractivity contribution in [1.29, 1.82) is 0 Å². The van der Waals surface area contributed by atoms with E-state index in [1.807, 2.05) is 36.4 Å². The highest BCUT2D eigenvalue weighted by atomic mass is 35.5. The highest BCUT2D eigenvalue weighted by Gasteiger charge is 2.11. The lowest BCUT2D eigenvalue weighted by Gasteiger charge is -2.08. The second-order valence-corrected chi connectivity index (χ2v) is 7.71. The Morgan fingerprint density at radius 3 is 2.68 bits per heavy atom. The molecule has 1 N–H and O–H groups in total. The Morgan fingerprint density at radius 1 is 1.07 bits per heavy atom. The molecule has 4 aromatic rings. The predicted octanol–water partition coefficient (Wildman–Crippen LogP) is 3.74. The van der Waals surface area contributed by atoms with Crippen molar-refractivity contribution in [2.75, 3.05) is 5.32 Å². The van der Waals surface area contributed by atoms with Gasteiger partial charge in [0.05, 0.1) is 17.2 Å². The van der Waals surface area contributed by atoms with Crippen LogP contribution in [0, 0.1) is 0 Å². The minimum Gasteiger partial charge on any atom is -0.300 e. The minimum atomic E-state index is -0.323. The van der Waals surface area contributed by atoms with Crippen molar-refractivity contribution in [3.05, 3.63) is 86.7 Å². The molecule has 0 saturated carbocycles. The summed E-state index contributed by atoms with van der Waals surface area (Å²) in [6, 6.07) is 14.8. The zero-order valence-electron chi connectivity index (χ0n) is 14.6. The molecule has 0 atom stereocenters. The van der Waals surface area contributed by atoms with Gasteiger partial charge < -0.3 is 5.32 Å². The van der Waals surface area contributed by atoms with Crippen molar-refractivity contribution in [3.8, 4) is 0 Å². The van der Waals surface area contributed by atoms with E-state index >= 15 is 0 Å². The number of anilines is 1. The highest BCUT2D eigenvalue weighted by Crippen LogP contribution is 2.22. The third-order valence-corrected chi connectivity index (χ3v) is 5.31. The van der Waals surface area contributed by atoms with Gasteiger partial charge in [-0.2, -0.15) is 0 Å². The zero-order chi connectivity index (χ0) is 19.5. The first-order valence-electron chi connectivity index (χ1n) is 8.52. The largest absolute Gasteiger partial charge is 0.300 e. The lowest BCUT2D eigenvalue weighted by molar-refractivity contribution is -0.116. The molecule has 0 unspecified atom stereocenters. The molecule has 4 rings (SSSR count). The van der Waals surface area contributed by atoms with E-state index in [1.165, 1.54) is 22.1 Å². The number of amides is 1. The molecule has 0 saturated heterocycles. The number of nitrogens with zero attached hydrogens (tertiary/aromatic N) is 3. The van der Waals surface area contributed by atoms with E-state index in [-0.39, 0.29) is 18.0 Å². The minimum absolute atomic E-state index is 0.103. The van der Waals surface area contributed by atoms with Gasteiger partial charge >= 0.3 is 0 Å². The van der Waals surface area contributed by atoms with Gasteiger partial charge in [-0.1, -0.05) is 35.9 Å². The fourth-order valence-electron chi connectivity index (χ4n) is 2.83. The molecule has 0 aliphatic heterocycles. The van der Waals surface area contributed by atoms with Crippen LogP contribution in [0.2, 0.25) is 5.02 Å². The van der Waals surface area contributed by atoms with Crippen LogP contribution in [0.1, 0.15) is 10.4 Å². The molecule has 1 amide bonds. The monoisotopic (exact) mass is 410 g/mol. The van der Waals surface area contributed by atoms with Gasteiger partial charge in [0.25, 0.3) is 5.56 Å². The maximum atomic E-state index is 12.4. The summed E-state index contributed by atoms with van der Waals surface area (Å²) < 4.78 is 1.40. The number of carbonyl (C=O) groups excluding carboxylic acids is 1. The van der Waals surface area contributed by atoms with Crippen molar-refractivity contribution in [2.45, 2.75) is 13.0 Å². The molecular formula is C20H15ClN4O2S. The SMILES string of the molecule is O=C(Cn1c(=O)cnc2ccccc21)Nc1ncc(Cc2ccc(Cl)cc2)s1. The predicted molar refractivity (Wildman–Crippen MR) is 111 cm³/mol. The number of rotatable bonds is 5. The summed E-state index contributed by atoms with van der Waals surface area (Å²) in [6.45, 7) is -0.103. The van der Waals surface area contributed by atoms with Crippen LogP contribution in [-0.4, -0.2) is 20.4 Å². The second kappa shape index (κ2) is 7.92. The number of thiazole rings is 1. The first kappa shape index (κ1) is 18.3. The van der Waals surface area contributed by atoms with E-state index < -0.39 is 0 Å². The van der Waals surface area contributed by atoms with E-state index in [0.29, 0.717) is 27.6 Å². The van der Waals surface area contributed by atoms with Crippen molar-refractivity contribution in [1.82, 2.24) is 14.5 Å². The third-order valence-electron chi connectivity index (χ3n) is 4.15. The second-order valence-electron chi connectivity index (χ2n) is 6.15. The zero-order valence-corrected chi connectivity index (χ0v) is 16.2. The van der Waals surface area contributed by atoms with E-state index in [0.717, 1.165) is 10.4 Å². The number of fused-ring (bicyclic) bond motifs is 1. The van der Waals surface area contributed by atoms with Gasteiger partial charge in [0.15, 0.2) is 5.13 Å². The van der Waals surface area contributed by atoms with Crippen LogP contribution in [-0.2, 0) is 17.8 Å². The fourth-order valence-corrected chi connectivity index (χ4v) is 3.82. The maximum absolute atomic E-state index is 12.4. The molecule has 0 aliphatic rings. The molecular weight excluding hydrogens is 396 g/mol. The van der Waals surface area contributed by atoms with Crippen LogP contribution in [0.25, 0.3) is 11.0 Å². The normalized spacial score (nSPS) is 10.9. The average molecular weight is 411 g/mol. The molecule has 6 nitrogen and oxygen atoms in total. The molecule has 2 aromatic heterocycles. The van der Waals surface area contributed by atoms with Gasteiger partial charge in [-0.05, 0) is 29.8 Å². The van der Waals surface area contributed by atoms with Crippen molar-refractivity contribution in [3.63, 3.8) is 0 Å². The van der Waals surface area contributed by atoms with E-state index in [1.54, 1.807) is 18.3 Å². The van der Waals surface area contributed by atoms with E-state index in [2.05, 4.69) is 15.3 Å². The number of benzene rings is 2. The Balaban J connectivity index is 1.46. The lowest BCUT2D eigenvalue weighted by Crippen LogP contribution is -2.27. The molecule has 0 spiro atoms. The maximum Gasteiger partial charge on any atom is 0.269 e. The Hall–Kier alpha value is -3.03. The molecule has 0 aliphatic carbocycles. The standard InChI is InChI=1S/C20H15ClN4O2S/c21-14-7-5-13(6-8-14)9-15-10-23-20(28-15)24-18(26)12-25-17-4-2-1-3-16(17)22-11-19(25)27/h1-8,10-11H,9,12H2,(H,23,24,26). The molecule has 28 heavy (non-hydrogen) atoms. The van der Waals surface area contributed by atoms with Crippen LogP contribution in [0.4, 0.5) is 5.13 Å². The Morgan fingerprint density at radius 2 is 1.86 bits per heavy atom. The summed E-state index contributed by atoms with van der Waals surface area (Å²) in [6.07, 6.45) is 3.67. The number of nitrogens with one attached hydrogen (secondary N) is 1. The first-order valence-corrected chi connectivity index (χ1v) is 9.71. The van der Waals surface area contributed by atoms with Gasteiger partial charge in [-0.3, -0.25) is 14.2 Å². The number of aromatic nitrogens is 3. The van der Waals surface area contributed by atoms with Crippen LogP contribution in [0.5, 0.6) is 0 Å². The molecule has 0 bridgehead atoms. The van der Waals surface area contributed by atoms with Crippen molar-refractivity contribution >= 4 is 45.0 Å². The van der Waals surface area contributed by atoms with Gasteiger partial charge in [0, 0.05) is 22.5 Å². The number of para-hydroxylation sites is 2. The summed E-state index contributed by atoms with van der Waals surface area (Å²) in [4.78, 5) is 34.0. The van der Waals surface area contributed by atoms with Crippen LogP contribution in [0.15, 0.2) is 65.7 Å². The number of carbonyl (C=O) groups is 1. The van der Waals surface area contributed by atoms with Crippen LogP contribution >= 0.6 is 22.9 Å². The fraction of sp³-hybridized carbons (Fsp3) is 0.100. The summed E-state index contributed by atoms with van der Waals surface area (Å²) >= 11 is 7.31. The Labute approximate surface area is 169 Å². The lowest BCUT2D eigenvalue weighted by atomic mass is 10.1. The summed E-state index contributed by atoms with van der Waals surface area (Å²) in [5.41, 5.74) is 2.07. The Bertz CT molecular complexity index is 1200. The number of hydrogen-bond acceptors (Lipinski definition) is 5. The topological polar surface area (TPSA) is 76.9 Å². The molecule has 2 heterocycles. The van der Waals surface area contributed by atoms with Gasteiger partial charge in [0.1, 0.15) is 6.54 Å². The van der Waals surface area contributed by atoms with Crippen LogP contribution in [0.3, 0.4) is 0 Å². The molecule has 2 aromatic carbocycles. The molecule has 140 valence electrons. The molecule has 0 radical (unpaired) electrons. The smallest absolute Gasteiger partial charge is 0.269 e. The third kappa shape index (κ3) is 4.11. The summed E-state index contributed by atoms with van der Waals surface area (Å²) in [7, 11) is 0. The average Bonchev–Trinajstić information content (AvgIpc) is 3.12. The number of halogens is 1. The summed E-state index contributed by atoms with van der Waals surface area (Å²) in [5, 5.41) is 3.96. The first-order chi connectivity index (χ1) is 13.6. The van der Waals surface area contributed by atoms with Gasteiger partial charge in [0.2, 0.25) is 5.91 Å². The number of hydrogen-bond donors (Lipinski definition) is 1. The van der Waals surface area contributed by atoms with Crippen molar-refractivity contribution in [2.24, 2.45) is 0 Å². The summed E-state index contributed by atoms with van der Waals surface area (Å²) in [5.74, 6) is -0.314. The van der Waals surface area contributed by atoms with Crippen LogP contribution < -0.4 is 10.9 Å². The van der Waals surface area contributed by atoms with E-state index in [4.69, 9.17) is 11.6 Å². The van der Waals surface area contributed by atoms with Gasteiger partial charge in [-0.15, -0.1) is 11.3 Å². The van der Waals surface area contributed by atoms with Crippen molar-refractivity contribution < 1.29 is 4.79 Å². The van der Waals surface area contributed by atoms with E-state index in [9.17, 15) is 9.59 Å². The van der Waals surface area contributed by atoms with Gasteiger partial charge in [-0.25, -0.2) is 9.97 Å². The quantitative estimate of drug-likeness (QED) is 0.543. The molecule has 0 fully saturated rings. The molecule has 8 heteroatoms. The Kier molecular flexibility index (Phi) is 5.18.